The van der Waals surface area contributed by atoms with Crippen LogP contribution in [0.3, 0.4) is 0 Å². The first-order valence-electron chi connectivity index (χ1n) is 3.78. The number of thiazole rings is 1. The van der Waals surface area contributed by atoms with Gasteiger partial charge in [-0.1, -0.05) is 25.2 Å². The van der Waals surface area contributed by atoms with Crippen LogP contribution in [0.2, 0.25) is 0 Å². The Morgan fingerprint density at radius 3 is 2.69 bits per heavy atom. The topological polar surface area (TPSA) is 74.8 Å². The number of hydrogen-bond donors (Lipinski definition) is 3. The van der Waals surface area contributed by atoms with Crippen LogP contribution in [-0.2, 0) is 0 Å². The van der Waals surface area contributed by atoms with E-state index in [1.807, 2.05) is 0 Å². The molecule has 13 heavy (non-hydrogen) atoms. The molecule has 72 valence electrons. The standard InChI is InChI=1S/C7H11BrN4S/c1-3(2)4-5(8)13-7(11-4)12-6(9)10/h3H,1-2H3,(H4,9,10,11,12). The molecule has 0 saturated heterocycles. The molecule has 6 heteroatoms. The van der Waals surface area contributed by atoms with Gasteiger partial charge in [-0.05, 0) is 21.8 Å². The van der Waals surface area contributed by atoms with Crippen molar-refractivity contribution in [2.75, 3.05) is 5.32 Å². The molecule has 1 aromatic rings. The molecule has 0 spiro atoms. The summed E-state index contributed by atoms with van der Waals surface area (Å²) in [7, 11) is 0. The van der Waals surface area contributed by atoms with Crippen LogP contribution in [0.25, 0.3) is 0 Å². The predicted molar refractivity (Wildman–Crippen MR) is 59.4 cm³/mol. The summed E-state index contributed by atoms with van der Waals surface area (Å²) < 4.78 is 0.992. The largest absolute Gasteiger partial charge is 0.370 e. The normalized spacial score (nSPS) is 10.5. The van der Waals surface area contributed by atoms with Gasteiger partial charge >= 0.3 is 0 Å². The lowest BCUT2D eigenvalue weighted by atomic mass is 10.2. The molecule has 1 aromatic heterocycles. The van der Waals surface area contributed by atoms with Crippen molar-refractivity contribution >= 4 is 38.4 Å². The molecule has 0 atom stereocenters. The van der Waals surface area contributed by atoms with E-state index in [1.165, 1.54) is 11.3 Å². The Kier molecular flexibility index (Phi) is 3.27. The van der Waals surface area contributed by atoms with Gasteiger partial charge in [0.2, 0.25) is 0 Å². The third kappa shape index (κ3) is 2.67. The number of rotatable bonds is 2. The Labute approximate surface area is 89.2 Å². The van der Waals surface area contributed by atoms with Crippen molar-refractivity contribution in [3.05, 3.63) is 9.48 Å². The first-order valence-corrected chi connectivity index (χ1v) is 5.39. The van der Waals surface area contributed by atoms with E-state index >= 15 is 0 Å². The predicted octanol–water partition coefficient (Wildman–Crippen LogP) is 2.33. The van der Waals surface area contributed by atoms with E-state index in [4.69, 9.17) is 11.1 Å². The third-order valence-corrected chi connectivity index (χ3v) is 3.07. The van der Waals surface area contributed by atoms with Gasteiger partial charge in [0.25, 0.3) is 0 Å². The zero-order chi connectivity index (χ0) is 10.0. The second kappa shape index (κ2) is 4.06. The highest BCUT2D eigenvalue weighted by atomic mass is 79.9. The van der Waals surface area contributed by atoms with Gasteiger partial charge in [-0.15, -0.1) is 0 Å². The Hall–Kier alpha value is -0.620. The summed E-state index contributed by atoms with van der Waals surface area (Å²) in [5.74, 6) is 0.282. The minimum Gasteiger partial charge on any atom is -0.370 e. The van der Waals surface area contributed by atoms with Crippen molar-refractivity contribution in [3.63, 3.8) is 0 Å². The Bertz CT molecular complexity index is 320. The molecular weight excluding hydrogens is 252 g/mol. The minimum absolute atomic E-state index is 0.0865. The van der Waals surface area contributed by atoms with Crippen LogP contribution in [-0.4, -0.2) is 10.9 Å². The average Bonchev–Trinajstić information content (AvgIpc) is 2.29. The number of hydrogen-bond acceptors (Lipinski definition) is 3. The number of nitrogens with two attached hydrogens (primary N) is 1. The summed E-state index contributed by atoms with van der Waals surface area (Å²) in [5, 5.41) is 10.4. The van der Waals surface area contributed by atoms with E-state index in [-0.39, 0.29) is 5.96 Å². The molecule has 0 aromatic carbocycles. The van der Waals surface area contributed by atoms with Crippen molar-refractivity contribution in [1.29, 1.82) is 5.41 Å². The summed E-state index contributed by atoms with van der Waals surface area (Å²) in [6.07, 6.45) is 0. The number of nitrogens with one attached hydrogen (secondary N) is 2. The van der Waals surface area contributed by atoms with Crippen LogP contribution in [0.5, 0.6) is 0 Å². The molecule has 1 heterocycles. The molecular formula is C7H11BrN4S. The van der Waals surface area contributed by atoms with Crippen molar-refractivity contribution in [3.8, 4) is 0 Å². The van der Waals surface area contributed by atoms with E-state index in [0.29, 0.717) is 11.0 Å². The molecule has 0 saturated carbocycles. The fourth-order valence-electron chi connectivity index (χ4n) is 0.838. The molecule has 1 rings (SSSR count). The third-order valence-electron chi connectivity index (χ3n) is 1.40. The van der Waals surface area contributed by atoms with Gasteiger partial charge in [0.05, 0.1) is 9.48 Å². The molecule has 0 radical (unpaired) electrons. The van der Waals surface area contributed by atoms with E-state index in [9.17, 15) is 0 Å². The van der Waals surface area contributed by atoms with Gasteiger partial charge in [0, 0.05) is 0 Å². The van der Waals surface area contributed by atoms with E-state index in [1.54, 1.807) is 0 Å². The SMILES string of the molecule is CC(C)c1nc(NC(=N)N)sc1Br. The smallest absolute Gasteiger partial charge is 0.192 e. The number of guanidine groups is 1. The van der Waals surface area contributed by atoms with Crippen LogP contribution >= 0.6 is 27.3 Å². The first-order chi connectivity index (χ1) is 6.00. The van der Waals surface area contributed by atoms with Crippen molar-refractivity contribution in [2.45, 2.75) is 19.8 Å². The number of anilines is 1. The second-order valence-corrected chi connectivity index (χ2v) is 5.19. The maximum absolute atomic E-state index is 7.04. The minimum atomic E-state index is -0.0865. The summed E-state index contributed by atoms with van der Waals surface area (Å²) in [6.45, 7) is 4.13. The summed E-state index contributed by atoms with van der Waals surface area (Å²) in [6, 6.07) is 0. The Morgan fingerprint density at radius 2 is 2.31 bits per heavy atom. The summed E-state index contributed by atoms with van der Waals surface area (Å²) >= 11 is 4.86. The van der Waals surface area contributed by atoms with E-state index < -0.39 is 0 Å². The lowest BCUT2D eigenvalue weighted by Crippen LogP contribution is -2.20. The molecule has 4 nitrogen and oxygen atoms in total. The van der Waals surface area contributed by atoms with Crippen LogP contribution in [0.4, 0.5) is 5.13 Å². The fraction of sp³-hybridized carbons (Fsp3) is 0.429. The summed E-state index contributed by atoms with van der Waals surface area (Å²) in [4.78, 5) is 4.29. The Morgan fingerprint density at radius 1 is 1.69 bits per heavy atom. The second-order valence-electron chi connectivity index (χ2n) is 2.87. The van der Waals surface area contributed by atoms with Crippen molar-refractivity contribution < 1.29 is 0 Å². The first kappa shape index (κ1) is 10.5. The fourth-order valence-corrected chi connectivity index (χ4v) is 2.71. The van der Waals surface area contributed by atoms with Crippen molar-refractivity contribution in [1.82, 2.24) is 4.98 Å². The van der Waals surface area contributed by atoms with Gasteiger partial charge in [0.15, 0.2) is 11.1 Å². The quantitative estimate of drug-likeness (QED) is 0.566. The highest BCUT2D eigenvalue weighted by molar-refractivity contribution is 9.11. The molecule has 0 unspecified atom stereocenters. The van der Waals surface area contributed by atoms with E-state index in [0.717, 1.165) is 9.48 Å². The number of nitrogens with zero attached hydrogens (tertiary/aromatic N) is 1. The molecule has 0 bridgehead atoms. The Balaban J connectivity index is 2.88. The number of aromatic nitrogens is 1. The van der Waals surface area contributed by atoms with E-state index in [2.05, 4.69) is 40.1 Å². The van der Waals surface area contributed by atoms with Crippen LogP contribution in [0.1, 0.15) is 25.5 Å². The summed E-state index contributed by atoms with van der Waals surface area (Å²) in [5.41, 5.74) is 6.18. The van der Waals surface area contributed by atoms with Crippen LogP contribution < -0.4 is 11.1 Å². The number of halogens is 1. The monoisotopic (exact) mass is 262 g/mol. The average molecular weight is 263 g/mol. The lowest BCUT2D eigenvalue weighted by Gasteiger charge is -1.99. The molecule has 4 N–H and O–H groups in total. The van der Waals surface area contributed by atoms with Gasteiger partial charge in [-0.2, -0.15) is 0 Å². The van der Waals surface area contributed by atoms with Gasteiger partial charge in [0.1, 0.15) is 0 Å². The maximum Gasteiger partial charge on any atom is 0.192 e. The molecule has 0 fully saturated rings. The van der Waals surface area contributed by atoms with Crippen molar-refractivity contribution in [2.24, 2.45) is 5.73 Å². The van der Waals surface area contributed by atoms with Crippen LogP contribution in [0, 0.1) is 5.41 Å². The zero-order valence-electron chi connectivity index (χ0n) is 7.39. The molecule has 0 amide bonds. The van der Waals surface area contributed by atoms with Gasteiger partial charge < -0.3 is 11.1 Å². The highest BCUT2D eigenvalue weighted by Gasteiger charge is 2.11. The molecule has 0 aliphatic heterocycles. The maximum atomic E-state index is 7.04. The highest BCUT2D eigenvalue weighted by Crippen LogP contribution is 2.32. The van der Waals surface area contributed by atoms with Crippen LogP contribution in [0.15, 0.2) is 3.79 Å². The van der Waals surface area contributed by atoms with Gasteiger partial charge in [-0.25, -0.2) is 4.98 Å². The van der Waals surface area contributed by atoms with Gasteiger partial charge in [-0.3, -0.25) is 5.41 Å². The zero-order valence-corrected chi connectivity index (χ0v) is 9.79. The lowest BCUT2D eigenvalue weighted by molar-refractivity contribution is 0.829. The molecule has 0 aliphatic rings. The molecule has 0 aliphatic carbocycles.